The number of hydrogen-bond acceptors (Lipinski definition) is 6. The third-order valence-electron chi connectivity index (χ3n) is 4.87. The van der Waals surface area contributed by atoms with Crippen LogP contribution in [0.15, 0.2) is 58.4 Å². The highest BCUT2D eigenvalue weighted by atomic mass is 35.5. The number of aromatic nitrogens is 4. The van der Waals surface area contributed by atoms with Crippen LogP contribution >= 0.6 is 34.7 Å². The second kappa shape index (κ2) is 8.82. The molecule has 158 valence electrons. The average molecular weight is 471 g/mol. The molecule has 31 heavy (non-hydrogen) atoms. The van der Waals surface area contributed by atoms with Crippen LogP contribution in [-0.2, 0) is 6.54 Å². The summed E-state index contributed by atoms with van der Waals surface area (Å²) in [5.74, 6) is 0.115. The van der Waals surface area contributed by atoms with Gasteiger partial charge in [-0.25, -0.2) is 9.97 Å². The highest BCUT2D eigenvalue weighted by Crippen LogP contribution is 2.25. The van der Waals surface area contributed by atoms with Gasteiger partial charge in [-0.05, 0) is 38.1 Å². The van der Waals surface area contributed by atoms with Gasteiger partial charge in [0.1, 0.15) is 0 Å². The van der Waals surface area contributed by atoms with E-state index in [4.69, 9.17) is 11.6 Å². The van der Waals surface area contributed by atoms with E-state index < -0.39 is 0 Å². The fourth-order valence-corrected chi connectivity index (χ4v) is 5.26. The molecule has 9 heteroatoms. The minimum Gasteiger partial charge on any atom is -0.294 e. The van der Waals surface area contributed by atoms with Gasteiger partial charge in [0, 0.05) is 40.1 Å². The summed E-state index contributed by atoms with van der Waals surface area (Å²) in [5.41, 5.74) is 2.76. The minimum absolute atomic E-state index is 0.0356. The number of hydrogen-bond donors (Lipinski definition) is 0. The standard InChI is InChI=1S/C22H19ClN4O2S2/c1-4-8-26-20(29)16-6-5-15(23)11-18(16)25-22(26)31-12-19(28)17-10-13(2)27(14(17)3)21-24-7-9-30-21/h4-7,9-11H,1,8,12H2,2-3H3. The molecule has 3 heterocycles. The molecule has 0 spiro atoms. The van der Waals surface area contributed by atoms with Crippen LogP contribution in [-0.4, -0.2) is 30.6 Å². The Morgan fingerprint density at radius 1 is 1.32 bits per heavy atom. The topological polar surface area (TPSA) is 69.8 Å². The van der Waals surface area contributed by atoms with Crippen molar-refractivity contribution in [1.82, 2.24) is 19.1 Å². The van der Waals surface area contributed by atoms with Gasteiger partial charge in [-0.3, -0.25) is 18.7 Å². The molecule has 6 nitrogen and oxygen atoms in total. The van der Waals surface area contributed by atoms with Crippen LogP contribution in [0.4, 0.5) is 0 Å². The number of nitrogens with zero attached hydrogens (tertiary/aromatic N) is 4. The van der Waals surface area contributed by atoms with Crippen LogP contribution in [0.25, 0.3) is 16.0 Å². The van der Waals surface area contributed by atoms with Gasteiger partial charge in [0.25, 0.3) is 5.56 Å². The van der Waals surface area contributed by atoms with Crippen molar-refractivity contribution < 1.29 is 4.79 Å². The Labute approximate surface area is 192 Å². The fourth-order valence-electron chi connectivity index (χ4n) is 3.45. The molecular formula is C22H19ClN4O2S2. The molecule has 0 aliphatic carbocycles. The SMILES string of the molecule is C=CCn1c(SCC(=O)c2cc(C)n(-c3nccs3)c2C)nc2cc(Cl)ccc2c1=O. The number of ketones is 1. The smallest absolute Gasteiger partial charge is 0.262 e. The van der Waals surface area contributed by atoms with Gasteiger partial charge >= 0.3 is 0 Å². The van der Waals surface area contributed by atoms with Crippen LogP contribution in [0.1, 0.15) is 21.7 Å². The second-order valence-electron chi connectivity index (χ2n) is 6.91. The number of Topliss-reactive ketones (excluding diaryl/α,β-unsaturated/α-hetero) is 1. The van der Waals surface area contributed by atoms with E-state index in [0.717, 1.165) is 16.5 Å². The Kier molecular flexibility index (Phi) is 6.13. The predicted octanol–water partition coefficient (Wildman–Crippen LogP) is 5.07. The molecule has 0 fully saturated rings. The molecule has 0 aliphatic heterocycles. The number of carbonyl (C=O) groups is 1. The first-order valence-corrected chi connectivity index (χ1v) is 11.7. The van der Waals surface area contributed by atoms with Crippen LogP contribution in [0.5, 0.6) is 0 Å². The lowest BCUT2D eigenvalue weighted by Crippen LogP contribution is -2.23. The van der Waals surface area contributed by atoms with Crippen LogP contribution < -0.4 is 5.56 Å². The van der Waals surface area contributed by atoms with Crippen molar-refractivity contribution in [3.63, 3.8) is 0 Å². The second-order valence-corrected chi connectivity index (χ2v) is 9.16. The number of carbonyl (C=O) groups excluding carboxylic acids is 1. The van der Waals surface area contributed by atoms with E-state index >= 15 is 0 Å². The number of allylic oxidation sites excluding steroid dienone is 1. The highest BCUT2D eigenvalue weighted by Gasteiger charge is 2.19. The highest BCUT2D eigenvalue weighted by molar-refractivity contribution is 7.99. The number of rotatable bonds is 7. The van der Waals surface area contributed by atoms with Crippen molar-refractivity contribution in [3.05, 3.63) is 80.8 Å². The molecule has 0 radical (unpaired) electrons. The lowest BCUT2D eigenvalue weighted by atomic mass is 10.2. The molecule has 0 N–H and O–H groups in total. The third kappa shape index (κ3) is 4.11. The largest absolute Gasteiger partial charge is 0.294 e. The Morgan fingerprint density at radius 2 is 2.13 bits per heavy atom. The van der Waals surface area contributed by atoms with Crippen molar-refractivity contribution in [2.75, 3.05) is 5.75 Å². The zero-order valence-electron chi connectivity index (χ0n) is 17.0. The Balaban J connectivity index is 1.66. The van der Waals surface area contributed by atoms with Crippen molar-refractivity contribution in [2.45, 2.75) is 25.5 Å². The number of thioether (sulfide) groups is 1. The van der Waals surface area contributed by atoms with E-state index in [1.54, 1.807) is 30.5 Å². The maximum absolute atomic E-state index is 13.0. The summed E-state index contributed by atoms with van der Waals surface area (Å²) in [6.45, 7) is 7.90. The van der Waals surface area contributed by atoms with Crippen LogP contribution in [0, 0.1) is 13.8 Å². The number of aryl methyl sites for hydroxylation is 1. The van der Waals surface area contributed by atoms with E-state index in [9.17, 15) is 9.59 Å². The van der Waals surface area contributed by atoms with Crippen LogP contribution in [0.3, 0.4) is 0 Å². The number of thiazole rings is 1. The van der Waals surface area contributed by atoms with Crippen molar-refractivity contribution in [1.29, 1.82) is 0 Å². The van der Waals surface area contributed by atoms with Gasteiger partial charge in [0.05, 0.1) is 16.7 Å². The Bertz CT molecular complexity index is 1360. The Morgan fingerprint density at radius 3 is 2.84 bits per heavy atom. The first-order valence-electron chi connectivity index (χ1n) is 9.46. The monoisotopic (exact) mass is 470 g/mol. The summed E-state index contributed by atoms with van der Waals surface area (Å²) in [7, 11) is 0. The fraction of sp³-hybridized carbons (Fsp3) is 0.182. The molecule has 0 amide bonds. The van der Waals surface area contributed by atoms with E-state index in [1.165, 1.54) is 27.7 Å². The van der Waals surface area contributed by atoms with E-state index in [0.29, 0.717) is 33.2 Å². The van der Waals surface area contributed by atoms with Crippen molar-refractivity contribution >= 4 is 51.4 Å². The summed E-state index contributed by atoms with van der Waals surface area (Å²) in [6.07, 6.45) is 3.38. The first-order chi connectivity index (χ1) is 14.9. The average Bonchev–Trinajstić information content (AvgIpc) is 3.36. The van der Waals surface area contributed by atoms with Crippen LogP contribution in [0.2, 0.25) is 5.02 Å². The third-order valence-corrected chi connectivity index (χ3v) is 6.84. The predicted molar refractivity (Wildman–Crippen MR) is 127 cm³/mol. The van der Waals surface area contributed by atoms with Gasteiger partial charge in [-0.2, -0.15) is 0 Å². The number of benzene rings is 1. The summed E-state index contributed by atoms with van der Waals surface area (Å²) >= 11 is 8.83. The zero-order valence-corrected chi connectivity index (χ0v) is 19.4. The molecule has 0 aliphatic rings. The minimum atomic E-state index is -0.182. The summed E-state index contributed by atoms with van der Waals surface area (Å²) in [6, 6.07) is 6.87. The Hall–Kier alpha value is -2.68. The number of fused-ring (bicyclic) bond motifs is 1. The van der Waals surface area contributed by atoms with Crippen molar-refractivity contribution in [2.24, 2.45) is 0 Å². The van der Waals surface area contributed by atoms with Gasteiger partial charge in [-0.1, -0.05) is 29.4 Å². The number of halogens is 1. The molecule has 0 saturated heterocycles. The molecule has 4 aromatic rings. The molecule has 1 aromatic carbocycles. The summed E-state index contributed by atoms with van der Waals surface area (Å²) < 4.78 is 3.51. The van der Waals surface area contributed by atoms with E-state index in [2.05, 4.69) is 16.5 Å². The molecule has 0 bridgehead atoms. The van der Waals surface area contributed by atoms with Crippen molar-refractivity contribution in [3.8, 4) is 5.13 Å². The lowest BCUT2D eigenvalue weighted by molar-refractivity contribution is 0.102. The normalized spacial score (nSPS) is 11.2. The molecule has 0 unspecified atom stereocenters. The quantitative estimate of drug-likeness (QED) is 0.163. The summed E-state index contributed by atoms with van der Waals surface area (Å²) in [4.78, 5) is 34.9. The van der Waals surface area contributed by atoms with Gasteiger partial charge in [-0.15, -0.1) is 17.9 Å². The maximum Gasteiger partial charge on any atom is 0.262 e. The molecular weight excluding hydrogens is 452 g/mol. The molecule has 4 rings (SSSR count). The van der Waals surface area contributed by atoms with Gasteiger partial charge in [0.15, 0.2) is 16.1 Å². The van der Waals surface area contributed by atoms with Gasteiger partial charge < -0.3 is 0 Å². The zero-order chi connectivity index (χ0) is 22.1. The van der Waals surface area contributed by atoms with Gasteiger partial charge in [0.2, 0.25) is 0 Å². The van der Waals surface area contributed by atoms with E-state index in [1.807, 2.05) is 29.9 Å². The molecule has 0 saturated carbocycles. The lowest BCUT2D eigenvalue weighted by Gasteiger charge is -2.11. The first kappa shape index (κ1) is 21.5. The molecule has 3 aromatic heterocycles. The van der Waals surface area contributed by atoms with E-state index in [-0.39, 0.29) is 17.1 Å². The molecule has 0 atom stereocenters. The summed E-state index contributed by atoms with van der Waals surface area (Å²) in [5, 5.41) is 4.18. The maximum atomic E-state index is 13.0.